The molecule has 7 heteroatoms. The number of benzene rings is 1. The summed E-state index contributed by atoms with van der Waals surface area (Å²) in [5.41, 5.74) is 1.45. The highest BCUT2D eigenvalue weighted by atomic mass is 16.3. The highest BCUT2D eigenvalue weighted by Crippen LogP contribution is 2.26. The topological polar surface area (TPSA) is 88.8 Å². The third-order valence-electron chi connectivity index (χ3n) is 3.59. The van der Waals surface area contributed by atoms with E-state index in [-0.39, 0.29) is 5.75 Å². The Balaban J connectivity index is 1.75. The van der Waals surface area contributed by atoms with Gasteiger partial charge in [-0.1, -0.05) is 12.1 Å². The van der Waals surface area contributed by atoms with Crippen molar-refractivity contribution in [3.05, 3.63) is 47.7 Å². The number of phenolic OH excluding ortho intramolecular Hbond substituents is 1. The molecule has 0 aliphatic carbocycles. The minimum absolute atomic E-state index is 0.169. The van der Waals surface area contributed by atoms with Gasteiger partial charge in [-0.25, -0.2) is 19.6 Å². The van der Waals surface area contributed by atoms with Gasteiger partial charge in [-0.3, -0.25) is 0 Å². The number of aromatic nitrogens is 5. The molecule has 0 radical (unpaired) electrons. The van der Waals surface area contributed by atoms with E-state index in [9.17, 15) is 5.11 Å². The maximum Gasteiger partial charge on any atom is 0.165 e. The van der Waals surface area contributed by atoms with E-state index in [1.165, 1.54) is 0 Å². The molecule has 1 aromatic carbocycles. The number of anilines is 1. The van der Waals surface area contributed by atoms with Crippen molar-refractivity contribution in [2.45, 2.75) is 27.3 Å². The van der Waals surface area contributed by atoms with Crippen LogP contribution in [0.2, 0.25) is 0 Å². The van der Waals surface area contributed by atoms with Crippen LogP contribution in [0.4, 0.5) is 5.82 Å². The van der Waals surface area contributed by atoms with Crippen molar-refractivity contribution in [2.75, 3.05) is 11.9 Å². The zero-order valence-corrected chi connectivity index (χ0v) is 14.0. The van der Waals surface area contributed by atoms with Crippen LogP contribution in [-0.4, -0.2) is 36.4 Å². The van der Waals surface area contributed by atoms with E-state index < -0.39 is 0 Å². The lowest BCUT2D eigenvalue weighted by atomic mass is 10.2. The molecule has 24 heavy (non-hydrogen) atoms. The third-order valence-corrected chi connectivity index (χ3v) is 3.59. The largest absolute Gasteiger partial charge is 0.507 e. The monoisotopic (exact) mass is 324 g/mol. The zero-order valence-electron chi connectivity index (χ0n) is 14.0. The van der Waals surface area contributed by atoms with E-state index in [1.807, 2.05) is 37.6 Å². The second-order valence-corrected chi connectivity index (χ2v) is 5.59. The Hall–Kier alpha value is -2.96. The molecule has 0 fully saturated rings. The molecule has 0 saturated carbocycles. The summed E-state index contributed by atoms with van der Waals surface area (Å²) in [6.07, 6.45) is 0. The van der Waals surface area contributed by atoms with Gasteiger partial charge in [-0.05, 0) is 32.9 Å². The first kappa shape index (κ1) is 15.9. The van der Waals surface area contributed by atoms with Gasteiger partial charge in [0.15, 0.2) is 5.82 Å². The molecule has 2 N–H and O–H groups in total. The number of para-hydroxylation sites is 1. The van der Waals surface area contributed by atoms with E-state index >= 15 is 0 Å². The average molecular weight is 324 g/mol. The Labute approximate surface area is 140 Å². The molecule has 0 aliphatic rings. The number of aromatic hydroxyl groups is 1. The standard InChI is InChI=1S/C17H20N6O/c1-11-10-16(18-8-9-23-13(3)20-12(2)22-23)21-17(19-11)14-6-4-5-7-15(14)24/h4-7,10,24H,8-9H2,1-3H3,(H,18,19,21). The second kappa shape index (κ2) is 6.66. The van der Waals surface area contributed by atoms with Crippen molar-refractivity contribution in [1.82, 2.24) is 24.7 Å². The second-order valence-electron chi connectivity index (χ2n) is 5.59. The molecule has 7 nitrogen and oxygen atoms in total. The fourth-order valence-corrected chi connectivity index (χ4v) is 2.51. The lowest BCUT2D eigenvalue weighted by Crippen LogP contribution is -2.14. The third kappa shape index (κ3) is 3.51. The quantitative estimate of drug-likeness (QED) is 0.749. The summed E-state index contributed by atoms with van der Waals surface area (Å²) in [7, 11) is 0. The highest BCUT2D eigenvalue weighted by Gasteiger charge is 2.09. The predicted octanol–water partition coefficient (Wildman–Crippen LogP) is 2.48. The maximum absolute atomic E-state index is 9.98. The Morgan fingerprint density at radius 3 is 2.58 bits per heavy atom. The van der Waals surface area contributed by atoms with Gasteiger partial charge in [-0.2, -0.15) is 5.10 Å². The van der Waals surface area contributed by atoms with Crippen molar-refractivity contribution in [1.29, 1.82) is 0 Å². The minimum Gasteiger partial charge on any atom is -0.507 e. The number of nitrogens with zero attached hydrogens (tertiary/aromatic N) is 5. The van der Waals surface area contributed by atoms with E-state index in [2.05, 4.69) is 25.4 Å². The predicted molar refractivity (Wildman–Crippen MR) is 91.9 cm³/mol. The van der Waals surface area contributed by atoms with Crippen molar-refractivity contribution in [3.8, 4) is 17.1 Å². The van der Waals surface area contributed by atoms with E-state index in [0.717, 1.165) is 23.2 Å². The van der Waals surface area contributed by atoms with Crippen molar-refractivity contribution in [3.63, 3.8) is 0 Å². The van der Waals surface area contributed by atoms with Crippen LogP contribution >= 0.6 is 0 Å². The summed E-state index contributed by atoms with van der Waals surface area (Å²) in [5.74, 6) is 3.05. The Morgan fingerprint density at radius 1 is 1.08 bits per heavy atom. The van der Waals surface area contributed by atoms with Crippen LogP contribution < -0.4 is 5.32 Å². The molecule has 124 valence electrons. The molecule has 0 unspecified atom stereocenters. The minimum atomic E-state index is 0.169. The van der Waals surface area contributed by atoms with Gasteiger partial charge in [0.05, 0.1) is 12.1 Å². The van der Waals surface area contributed by atoms with Crippen molar-refractivity contribution >= 4 is 5.82 Å². The molecule has 0 saturated heterocycles. The van der Waals surface area contributed by atoms with Crippen molar-refractivity contribution < 1.29 is 5.11 Å². The molecule has 0 amide bonds. The highest BCUT2D eigenvalue weighted by molar-refractivity contribution is 5.64. The first-order chi connectivity index (χ1) is 11.5. The summed E-state index contributed by atoms with van der Waals surface area (Å²) >= 11 is 0. The summed E-state index contributed by atoms with van der Waals surface area (Å²) < 4.78 is 1.86. The number of hydrogen-bond acceptors (Lipinski definition) is 6. The molecule has 0 spiro atoms. The fourth-order valence-electron chi connectivity index (χ4n) is 2.51. The van der Waals surface area contributed by atoms with Crippen LogP contribution in [0.5, 0.6) is 5.75 Å². The fraction of sp³-hybridized carbons (Fsp3) is 0.294. The number of aryl methyl sites for hydroxylation is 3. The van der Waals surface area contributed by atoms with Gasteiger partial charge in [0, 0.05) is 18.3 Å². The van der Waals surface area contributed by atoms with Crippen LogP contribution in [0.1, 0.15) is 17.3 Å². The number of phenols is 1. The molecular formula is C17H20N6O. The SMILES string of the molecule is Cc1cc(NCCn2nc(C)nc2C)nc(-c2ccccc2O)n1. The molecule has 0 atom stereocenters. The molecule has 2 aromatic heterocycles. The van der Waals surface area contributed by atoms with E-state index in [1.54, 1.807) is 18.2 Å². The Bertz CT molecular complexity index is 858. The zero-order chi connectivity index (χ0) is 17.1. The van der Waals surface area contributed by atoms with Gasteiger partial charge < -0.3 is 10.4 Å². The lowest BCUT2D eigenvalue weighted by molar-refractivity contribution is 0.477. The first-order valence-electron chi connectivity index (χ1n) is 7.79. The molecule has 0 bridgehead atoms. The van der Waals surface area contributed by atoms with Crippen LogP contribution in [0.3, 0.4) is 0 Å². The number of rotatable bonds is 5. The molecule has 3 aromatic rings. The molecule has 3 rings (SSSR count). The van der Waals surface area contributed by atoms with Gasteiger partial charge in [0.25, 0.3) is 0 Å². The Morgan fingerprint density at radius 2 is 1.88 bits per heavy atom. The van der Waals surface area contributed by atoms with Gasteiger partial charge in [-0.15, -0.1) is 0 Å². The van der Waals surface area contributed by atoms with E-state index in [0.29, 0.717) is 24.5 Å². The summed E-state index contributed by atoms with van der Waals surface area (Å²) in [6, 6.07) is 8.93. The van der Waals surface area contributed by atoms with Gasteiger partial charge >= 0.3 is 0 Å². The van der Waals surface area contributed by atoms with Gasteiger partial charge in [0.1, 0.15) is 23.2 Å². The molecule has 0 aliphatic heterocycles. The number of nitrogens with one attached hydrogen (secondary N) is 1. The number of hydrogen-bond donors (Lipinski definition) is 2. The van der Waals surface area contributed by atoms with Crippen LogP contribution in [0.15, 0.2) is 30.3 Å². The van der Waals surface area contributed by atoms with Crippen molar-refractivity contribution in [2.24, 2.45) is 0 Å². The Kier molecular flexibility index (Phi) is 4.41. The molecular weight excluding hydrogens is 304 g/mol. The van der Waals surface area contributed by atoms with Crippen LogP contribution in [-0.2, 0) is 6.54 Å². The summed E-state index contributed by atoms with van der Waals surface area (Å²) in [4.78, 5) is 13.2. The maximum atomic E-state index is 9.98. The normalized spacial score (nSPS) is 10.8. The lowest BCUT2D eigenvalue weighted by Gasteiger charge is -2.10. The summed E-state index contributed by atoms with van der Waals surface area (Å²) in [5, 5.41) is 17.6. The van der Waals surface area contributed by atoms with Crippen LogP contribution in [0.25, 0.3) is 11.4 Å². The van der Waals surface area contributed by atoms with Gasteiger partial charge in [0.2, 0.25) is 0 Å². The first-order valence-corrected chi connectivity index (χ1v) is 7.79. The summed E-state index contributed by atoms with van der Waals surface area (Å²) in [6.45, 7) is 7.08. The average Bonchev–Trinajstić information content (AvgIpc) is 2.85. The molecule has 2 heterocycles. The van der Waals surface area contributed by atoms with Crippen LogP contribution in [0, 0.1) is 20.8 Å². The smallest absolute Gasteiger partial charge is 0.165 e. The van der Waals surface area contributed by atoms with E-state index in [4.69, 9.17) is 0 Å².